The van der Waals surface area contributed by atoms with E-state index in [2.05, 4.69) is 22.3 Å². The Morgan fingerprint density at radius 2 is 2.28 bits per heavy atom. The Hall–Kier alpha value is -1.22. The highest BCUT2D eigenvalue weighted by Gasteiger charge is 2.20. The molecular weight excluding hydrogens is 222 g/mol. The minimum atomic E-state index is 0.726. The molecule has 3 heteroatoms. The molecule has 2 aliphatic rings. The number of nitrogens with one attached hydrogen (secondary N) is 1. The topological polar surface area (TPSA) is 41.3 Å². The lowest BCUT2D eigenvalue weighted by Gasteiger charge is -2.27. The van der Waals surface area contributed by atoms with Gasteiger partial charge in [-0.2, -0.15) is 0 Å². The van der Waals surface area contributed by atoms with Crippen LogP contribution < -0.4 is 16.0 Å². The summed E-state index contributed by atoms with van der Waals surface area (Å²) in [5, 5.41) is 3.63. The summed E-state index contributed by atoms with van der Waals surface area (Å²) in [4.78, 5) is 2.50. The van der Waals surface area contributed by atoms with Gasteiger partial charge >= 0.3 is 0 Å². The fourth-order valence-corrected chi connectivity index (χ4v) is 3.18. The highest BCUT2D eigenvalue weighted by Crippen LogP contribution is 2.30. The molecule has 3 nitrogen and oxygen atoms in total. The van der Waals surface area contributed by atoms with Gasteiger partial charge in [0.15, 0.2) is 0 Å². The van der Waals surface area contributed by atoms with Gasteiger partial charge in [-0.05, 0) is 49.9 Å². The molecule has 1 fully saturated rings. The summed E-state index contributed by atoms with van der Waals surface area (Å²) in [6, 6.07) is 7.06. The predicted molar refractivity (Wildman–Crippen MR) is 77.0 cm³/mol. The summed E-state index contributed by atoms with van der Waals surface area (Å²) in [5.41, 5.74) is 9.60. The van der Waals surface area contributed by atoms with Crippen molar-refractivity contribution in [1.29, 1.82) is 0 Å². The third-order valence-electron chi connectivity index (χ3n) is 4.26. The van der Waals surface area contributed by atoms with Crippen molar-refractivity contribution in [1.82, 2.24) is 5.32 Å². The third kappa shape index (κ3) is 2.46. The first kappa shape index (κ1) is 11.8. The van der Waals surface area contributed by atoms with Gasteiger partial charge in [0.1, 0.15) is 0 Å². The molecule has 3 N–H and O–H groups in total. The minimum absolute atomic E-state index is 0.726. The van der Waals surface area contributed by atoms with Crippen molar-refractivity contribution >= 4 is 11.4 Å². The molecule has 2 heterocycles. The van der Waals surface area contributed by atoms with E-state index in [0.29, 0.717) is 0 Å². The molecule has 0 radical (unpaired) electrons. The molecule has 1 atom stereocenters. The lowest BCUT2D eigenvalue weighted by atomic mass is 10.0. The SMILES string of the molecule is Nc1ccc2c(c1)N(CCC1CCCCN1)CC2. The number of benzene rings is 1. The van der Waals surface area contributed by atoms with Crippen LogP contribution in [-0.4, -0.2) is 25.7 Å². The first-order valence-electron chi connectivity index (χ1n) is 7.20. The van der Waals surface area contributed by atoms with Crippen LogP contribution in [0.1, 0.15) is 31.2 Å². The van der Waals surface area contributed by atoms with Crippen LogP contribution in [0.15, 0.2) is 18.2 Å². The Morgan fingerprint density at radius 3 is 3.11 bits per heavy atom. The molecule has 1 saturated heterocycles. The molecule has 18 heavy (non-hydrogen) atoms. The molecule has 0 spiro atoms. The van der Waals surface area contributed by atoms with E-state index in [4.69, 9.17) is 5.73 Å². The van der Waals surface area contributed by atoms with Crippen LogP contribution >= 0.6 is 0 Å². The van der Waals surface area contributed by atoms with Gasteiger partial charge in [0.05, 0.1) is 0 Å². The number of hydrogen-bond acceptors (Lipinski definition) is 3. The number of nitrogens with zero attached hydrogens (tertiary/aromatic N) is 1. The molecule has 1 unspecified atom stereocenters. The highest BCUT2D eigenvalue weighted by atomic mass is 15.1. The smallest absolute Gasteiger partial charge is 0.0420 e. The van der Waals surface area contributed by atoms with Gasteiger partial charge in [-0.1, -0.05) is 12.5 Å². The zero-order chi connectivity index (χ0) is 12.4. The van der Waals surface area contributed by atoms with E-state index in [-0.39, 0.29) is 0 Å². The van der Waals surface area contributed by atoms with Crippen molar-refractivity contribution in [3.63, 3.8) is 0 Å². The number of nitrogen functional groups attached to an aromatic ring is 1. The number of nitrogens with two attached hydrogens (primary N) is 1. The van der Waals surface area contributed by atoms with Gasteiger partial charge in [-0.25, -0.2) is 0 Å². The van der Waals surface area contributed by atoms with E-state index in [1.807, 2.05) is 6.07 Å². The van der Waals surface area contributed by atoms with Gasteiger partial charge in [0.2, 0.25) is 0 Å². The number of anilines is 2. The van der Waals surface area contributed by atoms with E-state index in [1.54, 1.807) is 0 Å². The normalized spacial score (nSPS) is 23.1. The van der Waals surface area contributed by atoms with E-state index in [9.17, 15) is 0 Å². The van der Waals surface area contributed by atoms with E-state index in [0.717, 1.165) is 24.8 Å². The van der Waals surface area contributed by atoms with Crippen molar-refractivity contribution in [3.8, 4) is 0 Å². The maximum atomic E-state index is 5.89. The van der Waals surface area contributed by atoms with E-state index < -0.39 is 0 Å². The number of piperidine rings is 1. The molecule has 0 saturated carbocycles. The van der Waals surface area contributed by atoms with Crippen LogP contribution in [0.25, 0.3) is 0 Å². The standard InChI is InChI=1S/C15H23N3/c16-13-5-4-12-6-9-18(15(12)11-13)10-7-14-3-1-2-8-17-14/h4-5,11,14,17H,1-3,6-10,16H2. The van der Waals surface area contributed by atoms with Crippen molar-refractivity contribution in [2.75, 3.05) is 30.3 Å². The Morgan fingerprint density at radius 1 is 1.33 bits per heavy atom. The monoisotopic (exact) mass is 245 g/mol. The fraction of sp³-hybridized carbons (Fsp3) is 0.600. The van der Waals surface area contributed by atoms with Crippen LogP contribution in [0.3, 0.4) is 0 Å². The molecule has 0 bridgehead atoms. The zero-order valence-electron chi connectivity index (χ0n) is 11.0. The van der Waals surface area contributed by atoms with Crippen LogP contribution in [-0.2, 0) is 6.42 Å². The first-order valence-corrected chi connectivity index (χ1v) is 7.20. The van der Waals surface area contributed by atoms with E-state index in [1.165, 1.54) is 49.9 Å². The summed E-state index contributed by atoms with van der Waals surface area (Å²) < 4.78 is 0. The molecule has 98 valence electrons. The Balaban J connectivity index is 1.60. The molecule has 0 aliphatic carbocycles. The molecular formula is C15H23N3. The summed E-state index contributed by atoms with van der Waals surface area (Å²) in [6.45, 7) is 3.52. The Kier molecular flexibility index (Phi) is 3.41. The second-order valence-corrected chi connectivity index (χ2v) is 5.56. The largest absolute Gasteiger partial charge is 0.399 e. The number of hydrogen-bond donors (Lipinski definition) is 2. The molecule has 1 aromatic carbocycles. The number of fused-ring (bicyclic) bond motifs is 1. The quantitative estimate of drug-likeness (QED) is 0.802. The van der Waals surface area contributed by atoms with Crippen LogP contribution in [0, 0.1) is 0 Å². The summed E-state index contributed by atoms with van der Waals surface area (Å²) in [6.07, 6.45) is 6.51. The molecule has 0 amide bonds. The average molecular weight is 245 g/mol. The maximum absolute atomic E-state index is 5.89. The van der Waals surface area contributed by atoms with Crippen molar-refractivity contribution in [3.05, 3.63) is 23.8 Å². The molecule has 2 aliphatic heterocycles. The summed E-state index contributed by atoms with van der Waals surface area (Å²) in [7, 11) is 0. The van der Waals surface area contributed by atoms with Gasteiger partial charge in [-0.3, -0.25) is 0 Å². The van der Waals surface area contributed by atoms with Crippen molar-refractivity contribution in [2.45, 2.75) is 38.1 Å². The Labute approximate surface area is 109 Å². The predicted octanol–water partition coefficient (Wildman–Crippen LogP) is 2.16. The fourth-order valence-electron chi connectivity index (χ4n) is 3.18. The van der Waals surface area contributed by atoms with Crippen molar-refractivity contribution in [2.24, 2.45) is 0 Å². The Bertz CT molecular complexity index is 410. The molecule has 3 rings (SSSR count). The van der Waals surface area contributed by atoms with Gasteiger partial charge in [0.25, 0.3) is 0 Å². The molecule has 1 aromatic rings. The summed E-state index contributed by atoms with van der Waals surface area (Å²) in [5.74, 6) is 0. The second kappa shape index (κ2) is 5.19. The van der Waals surface area contributed by atoms with Gasteiger partial charge < -0.3 is 16.0 Å². The third-order valence-corrected chi connectivity index (χ3v) is 4.26. The van der Waals surface area contributed by atoms with E-state index >= 15 is 0 Å². The summed E-state index contributed by atoms with van der Waals surface area (Å²) >= 11 is 0. The average Bonchev–Trinajstić information content (AvgIpc) is 2.80. The van der Waals surface area contributed by atoms with Crippen LogP contribution in [0.2, 0.25) is 0 Å². The van der Waals surface area contributed by atoms with Crippen LogP contribution in [0.4, 0.5) is 11.4 Å². The number of rotatable bonds is 3. The lowest BCUT2D eigenvalue weighted by Crippen LogP contribution is -2.37. The minimum Gasteiger partial charge on any atom is -0.399 e. The molecule has 0 aromatic heterocycles. The highest BCUT2D eigenvalue weighted by molar-refractivity contribution is 5.64. The van der Waals surface area contributed by atoms with Gasteiger partial charge in [0, 0.05) is 30.5 Å². The zero-order valence-corrected chi connectivity index (χ0v) is 11.0. The maximum Gasteiger partial charge on any atom is 0.0420 e. The lowest BCUT2D eigenvalue weighted by molar-refractivity contribution is 0.384. The van der Waals surface area contributed by atoms with Gasteiger partial charge in [-0.15, -0.1) is 0 Å². The first-order chi connectivity index (χ1) is 8.83. The van der Waals surface area contributed by atoms with Crippen LogP contribution in [0.5, 0.6) is 0 Å². The van der Waals surface area contributed by atoms with Crippen molar-refractivity contribution < 1.29 is 0 Å². The second-order valence-electron chi connectivity index (χ2n) is 5.56.